The van der Waals surface area contributed by atoms with Crippen LogP contribution < -0.4 is 4.74 Å². The van der Waals surface area contributed by atoms with Gasteiger partial charge in [-0.2, -0.15) is 0 Å². The Morgan fingerprint density at radius 3 is 2.10 bits per heavy atom. The molecule has 0 radical (unpaired) electrons. The summed E-state index contributed by atoms with van der Waals surface area (Å²) in [7, 11) is 1.45. The number of hydrogen-bond acceptors (Lipinski definition) is 3. The molecule has 0 atom stereocenters. The fourth-order valence-electron chi connectivity index (χ4n) is 2.31. The minimum Gasteiger partial charge on any atom is -0.494 e. The van der Waals surface area contributed by atoms with E-state index in [1.165, 1.54) is 14.0 Å². The molecule has 1 aliphatic heterocycles. The lowest BCUT2D eigenvalue weighted by Gasteiger charge is -2.34. The van der Waals surface area contributed by atoms with Gasteiger partial charge >= 0.3 is 0 Å². The third-order valence-electron chi connectivity index (χ3n) is 3.49. The molecule has 1 saturated heterocycles. The van der Waals surface area contributed by atoms with E-state index in [0.29, 0.717) is 36.2 Å². The maximum atomic E-state index is 12.6. The number of carbonyl (C=O) groups is 2. The van der Waals surface area contributed by atoms with Crippen LogP contribution in [0.25, 0.3) is 0 Å². The number of rotatable bonds is 2. The molecule has 0 saturated carbocycles. The van der Waals surface area contributed by atoms with Crippen molar-refractivity contribution in [1.29, 1.82) is 0 Å². The summed E-state index contributed by atoms with van der Waals surface area (Å²) in [4.78, 5) is 27.3. The molecular formula is C14H16Cl2N2O3. The summed E-state index contributed by atoms with van der Waals surface area (Å²) in [5.41, 5.74) is 0.267. The van der Waals surface area contributed by atoms with Crippen LogP contribution in [0.1, 0.15) is 17.3 Å². The van der Waals surface area contributed by atoms with E-state index in [4.69, 9.17) is 27.9 Å². The summed E-state index contributed by atoms with van der Waals surface area (Å²) in [5, 5.41) is 0.642. The van der Waals surface area contributed by atoms with Gasteiger partial charge in [-0.3, -0.25) is 9.59 Å². The van der Waals surface area contributed by atoms with E-state index in [2.05, 4.69) is 0 Å². The van der Waals surface area contributed by atoms with Crippen LogP contribution in [-0.4, -0.2) is 54.9 Å². The Labute approximate surface area is 133 Å². The average Bonchev–Trinajstić information content (AvgIpc) is 2.48. The van der Waals surface area contributed by atoms with Crippen molar-refractivity contribution in [3.63, 3.8) is 0 Å². The summed E-state index contributed by atoms with van der Waals surface area (Å²) in [6.07, 6.45) is 0. The van der Waals surface area contributed by atoms with Gasteiger partial charge in [0.25, 0.3) is 5.91 Å². The van der Waals surface area contributed by atoms with Crippen molar-refractivity contribution < 1.29 is 14.3 Å². The number of piperazine rings is 1. The second kappa shape index (κ2) is 6.54. The van der Waals surface area contributed by atoms with Crippen molar-refractivity contribution in [2.24, 2.45) is 0 Å². The van der Waals surface area contributed by atoms with Gasteiger partial charge < -0.3 is 14.5 Å². The Kier molecular flexibility index (Phi) is 4.96. The molecule has 0 N–H and O–H groups in total. The molecule has 0 aliphatic carbocycles. The van der Waals surface area contributed by atoms with Crippen molar-refractivity contribution in [3.05, 3.63) is 27.7 Å². The lowest BCUT2D eigenvalue weighted by Crippen LogP contribution is -2.50. The molecule has 21 heavy (non-hydrogen) atoms. The second-order valence-corrected chi connectivity index (χ2v) is 5.55. The van der Waals surface area contributed by atoms with Gasteiger partial charge in [0.1, 0.15) is 5.56 Å². The molecule has 1 aromatic rings. The molecule has 114 valence electrons. The lowest BCUT2D eigenvalue weighted by molar-refractivity contribution is -0.130. The topological polar surface area (TPSA) is 49.9 Å². The molecular weight excluding hydrogens is 315 g/mol. The van der Waals surface area contributed by atoms with Gasteiger partial charge in [-0.05, 0) is 12.1 Å². The number of amides is 2. The highest BCUT2D eigenvalue weighted by atomic mass is 35.5. The molecule has 0 bridgehead atoms. The molecule has 2 amide bonds. The minimum atomic E-state index is -0.234. The Morgan fingerprint density at radius 1 is 1.05 bits per heavy atom. The molecule has 1 fully saturated rings. The second-order valence-electron chi connectivity index (χ2n) is 4.74. The highest BCUT2D eigenvalue weighted by molar-refractivity contribution is 6.37. The molecule has 5 nitrogen and oxygen atoms in total. The van der Waals surface area contributed by atoms with Gasteiger partial charge in [-0.15, -0.1) is 0 Å². The molecule has 1 aliphatic rings. The Hall–Kier alpha value is -1.46. The van der Waals surface area contributed by atoms with E-state index < -0.39 is 0 Å². The van der Waals surface area contributed by atoms with Crippen molar-refractivity contribution in [2.45, 2.75) is 6.92 Å². The summed E-state index contributed by atoms with van der Waals surface area (Å²) in [6, 6.07) is 3.17. The first-order valence-corrected chi connectivity index (χ1v) is 7.28. The van der Waals surface area contributed by atoms with Gasteiger partial charge in [0.2, 0.25) is 5.91 Å². The fourth-order valence-corrected chi connectivity index (χ4v) is 2.78. The SMILES string of the molecule is COc1c(Cl)ccc(Cl)c1C(=O)N1CCN(C(C)=O)CC1. The first-order chi connectivity index (χ1) is 9.95. The first kappa shape index (κ1) is 15.9. The summed E-state index contributed by atoms with van der Waals surface area (Å²) >= 11 is 12.2. The Bertz CT molecular complexity index is 570. The Balaban J connectivity index is 2.22. The van der Waals surface area contributed by atoms with Gasteiger partial charge in [0.05, 0.1) is 17.2 Å². The number of ether oxygens (including phenoxy) is 1. The van der Waals surface area contributed by atoms with Crippen LogP contribution in [-0.2, 0) is 4.79 Å². The number of methoxy groups -OCH3 is 1. The summed E-state index contributed by atoms with van der Waals surface area (Å²) in [6.45, 7) is 3.48. The zero-order chi connectivity index (χ0) is 15.6. The number of carbonyl (C=O) groups excluding carboxylic acids is 2. The summed E-state index contributed by atoms with van der Waals surface area (Å²) in [5.74, 6) is 0.0613. The summed E-state index contributed by atoms with van der Waals surface area (Å²) < 4.78 is 5.20. The predicted octanol–water partition coefficient (Wildman–Crippen LogP) is 2.31. The molecule has 0 unspecified atom stereocenters. The van der Waals surface area contributed by atoms with Crippen LogP contribution in [0.15, 0.2) is 12.1 Å². The minimum absolute atomic E-state index is 0.0143. The average molecular weight is 331 g/mol. The van der Waals surface area contributed by atoms with Crippen LogP contribution in [0.2, 0.25) is 10.0 Å². The van der Waals surface area contributed by atoms with E-state index >= 15 is 0 Å². The van der Waals surface area contributed by atoms with E-state index in [0.717, 1.165) is 0 Å². The van der Waals surface area contributed by atoms with Crippen molar-refractivity contribution in [2.75, 3.05) is 33.3 Å². The highest BCUT2D eigenvalue weighted by Crippen LogP contribution is 2.34. The standard InChI is InChI=1S/C14H16Cl2N2O3/c1-9(19)17-5-7-18(8-6-17)14(20)12-10(15)3-4-11(16)13(12)21-2/h3-4H,5-8H2,1-2H3. The number of halogens is 2. The van der Waals surface area contributed by atoms with E-state index in [9.17, 15) is 9.59 Å². The normalized spacial score (nSPS) is 15.0. The Morgan fingerprint density at radius 2 is 1.57 bits per heavy atom. The highest BCUT2D eigenvalue weighted by Gasteiger charge is 2.27. The molecule has 1 aromatic carbocycles. The smallest absolute Gasteiger partial charge is 0.259 e. The van der Waals surface area contributed by atoms with Gasteiger partial charge in [0, 0.05) is 33.1 Å². The van der Waals surface area contributed by atoms with Gasteiger partial charge in [-0.1, -0.05) is 23.2 Å². The van der Waals surface area contributed by atoms with Crippen LogP contribution in [0.3, 0.4) is 0 Å². The zero-order valence-corrected chi connectivity index (χ0v) is 13.4. The largest absolute Gasteiger partial charge is 0.494 e. The van der Waals surface area contributed by atoms with E-state index in [1.807, 2.05) is 0 Å². The van der Waals surface area contributed by atoms with Crippen LogP contribution >= 0.6 is 23.2 Å². The third kappa shape index (κ3) is 3.24. The van der Waals surface area contributed by atoms with Gasteiger partial charge in [0.15, 0.2) is 5.75 Å². The van der Waals surface area contributed by atoms with Crippen molar-refractivity contribution in [1.82, 2.24) is 9.80 Å². The monoisotopic (exact) mass is 330 g/mol. The van der Waals surface area contributed by atoms with Crippen LogP contribution in [0, 0.1) is 0 Å². The number of hydrogen-bond donors (Lipinski definition) is 0. The molecule has 0 aromatic heterocycles. The zero-order valence-electron chi connectivity index (χ0n) is 11.9. The van der Waals surface area contributed by atoms with Crippen molar-refractivity contribution in [3.8, 4) is 5.75 Å². The first-order valence-electron chi connectivity index (χ1n) is 6.52. The molecule has 7 heteroatoms. The maximum Gasteiger partial charge on any atom is 0.259 e. The lowest BCUT2D eigenvalue weighted by atomic mass is 10.1. The van der Waals surface area contributed by atoms with Crippen LogP contribution in [0.4, 0.5) is 0 Å². The van der Waals surface area contributed by atoms with Crippen LogP contribution in [0.5, 0.6) is 5.75 Å². The quantitative estimate of drug-likeness (QED) is 0.836. The van der Waals surface area contributed by atoms with Gasteiger partial charge in [-0.25, -0.2) is 0 Å². The predicted molar refractivity (Wildman–Crippen MR) is 81.2 cm³/mol. The van der Waals surface area contributed by atoms with Crippen molar-refractivity contribution >= 4 is 35.0 Å². The molecule has 0 spiro atoms. The molecule has 1 heterocycles. The maximum absolute atomic E-state index is 12.6. The number of nitrogens with zero attached hydrogens (tertiary/aromatic N) is 2. The third-order valence-corrected chi connectivity index (χ3v) is 4.10. The van der Waals surface area contributed by atoms with E-state index in [1.54, 1.807) is 21.9 Å². The molecule has 2 rings (SSSR count). The van der Waals surface area contributed by atoms with E-state index in [-0.39, 0.29) is 23.1 Å². The fraction of sp³-hybridized carbons (Fsp3) is 0.429. The number of benzene rings is 1.